The molecule has 172 valence electrons. The third-order valence-electron chi connectivity index (χ3n) is 5.89. The van der Waals surface area contributed by atoms with Crippen LogP contribution in [0.25, 0.3) is 0 Å². The first-order chi connectivity index (χ1) is 16.0. The number of cyclic esters (lactones) is 1. The fourth-order valence-corrected chi connectivity index (χ4v) is 4.39. The number of fused-ring (bicyclic) bond motifs is 2. The summed E-state index contributed by atoms with van der Waals surface area (Å²) in [5, 5.41) is 2.83. The Morgan fingerprint density at radius 3 is 2.61 bits per heavy atom. The number of methoxy groups -OCH3 is 2. The molecule has 10 nitrogen and oxygen atoms in total. The highest BCUT2D eigenvalue weighted by Crippen LogP contribution is 2.45. The van der Waals surface area contributed by atoms with Gasteiger partial charge in [0.15, 0.2) is 23.0 Å². The number of ether oxygens (including phenoxy) is 5. The van der Waals surface area contributed by atoms with Gasteiger partial charge in [-0.3, -0.25) is 14.5 Å². The first-order valence-corrected chi connectivity index (χ1v) is 10.5. The summed E-state index contributed by atoms with van der Waals surface area (Å²) in [5.41, 5.74) is 1.15. The Hall–Kier alpha value is -3.95. The van der Waals surface area contributed by atoms with Crippen molar-refractivity contribution in [1.82, 2.24) is 4.90 Å². The summed E-state index contributed by atoms with van der Waals surface area (Å²) in [6, 6.07) is 7.56. The van der Waals surface area contributed by atoms with Crippen molar-refractivity contribution in [2.24, 2.45) is 0 Å². The van der Waals surface area contributed by atoms with Crippen molar-refractivity contribution in [2.75, 3.05) is 32.8 Å². The van der Waals surface area contributed by atoms with Gasteiger partial charge in [-0.2, -0.15) is 0 Å². The van der Waals surface area contributed by atoms with E-state index in [1.54, 1.807) is 30.3 Å². The third kappa shape index (κ3) is 3.47. The van der Waals surface area contributed by atoms with Crippen LogP contribution in [0.3, 0.4) is 0 Å². The van der Waals surface area contributed by atoms with Gasteiger partial charge in [0.1, 0.15) is 24.8 Å². The number of carbonyl (C=O) groups is 3. The minimum absolute atomic E-state index is 0.163. The molecule has 0 radical (unpaired) electrons. The average Bonchev–Trinajstić information content (AvgIpc) is 3.37. The van der Waals surface area contributed by atoms with Crippen LogP contribution < -0.4 is 24.3 Å². The quantitative estimate of drug-likeness (QED) is 0.685. The molecule has 1 saturated heterocycles. The zero-order valence-corrected chi connectivity index (χ0v) is 18.1. The predicted molar refractivity (Wildman–Crippen MR) is 114 cm³/mol. The van der Waals surface area contributed by atoms with Crippen LogP contribution in [-0.4, -0.2) is 56.2 Å². The molecule has 2 aromatic carbocycles. The van der Waals surface area contributed by atoms with Gasteiger partial charge in [0.2, 0.25) is 18.0 Å². The highest BCUT2D eigenvalue weighted by molar-refractivity contribution is 6.01. The Morgan fingerprint density at radius 2 is 1.85 bits per heavy atom. The SMILES string of the molecule is COc1ccc2c(c1OC)C(=O)OC2N1C(=O)CC[C@H]1C(=O)Nc1ccc2c(c1)OCCO2. The number of anilines is 1. The molecule has 1 unspecified atom stereocenters. The molecule has 0 bridgehead atoms. The van der Waals surface area contributed by atoms with E-state index in [2.05, 4.69) is 5.32 Å². The van der Waals surface area contributed by atoms with Crippen LogP contribution in [0.2, 0.25) is 0 Å². The molecule has 3 aliphatic heterocycles. The van der Waals surface area contributed by atoms with E-state index in [-0.39, 0.29) is 29.5 Å². The Morgan fingerprint density at radius 1 is 1.06 bits per heavy atom. The molecule has 2 amide bonds. The van der Waals surface area contributed by atoms with Crippen molar-refractivity contribution in [3.8, 4) is 23.0 Å². The number of esters is 1. The van der Waals surface area contributed by atoms with E-state index in [9.17, 15) is 14.4 Å². The highest BCUT2D eigenvalue weighted by atomic mass is 16.6. The number of carbonyl (C=O) groups excluding carboxylic acids is 3. The zero-order chi connectivity index (χ0) is 23.1. The van der Waals surface area contributed by atoms with Gasteiger partial charge in [0, 0.05) is 23.7 Å². The molecule has 0 aromatic heterocycles. The van der Waals surface area contributed by atoms with E-state index in [0.29, 0.717) is 48.1 Å². The third-order valence-corrected chi connectivity index (χ3v) is 5.89. The number of amides is 2. The van der Waals surface area contributed by atoms with Gasteiger partial charge in [-0.25, -0.2) is 4.79 Å². The van der Waals surface area contributed by atoms with E-state index in [1.165, 1.54) is 19.1 Å². The van der Waals surface area contributed by atoms with Crippen molar-refractivity contribution in [3.05, 3.63) is 41.5 Å². The van der Waals surface area contributed by atoms with Gasteiger partial charge in [-0.05, 0) is 30.7 Å². The maximum absolute atomic E-state index is 13.2. The van der Waals surface area contributed by atoms with Crippen LogP contribution in [0.4, 0.5) is 5.69 Å². The van der Waals surface area contributed by atoms with Gasteiger partial charge < -0.3 is 29.0 Å². The van der Waals surface area contributed by atoms with Crippen LogP contribution in [-0.2, 0) is 14.3 Å². The molecule has 33 heavy (non-hydrogen) atoms. The summed E-state index contributed by atoms with van der Waals surface area (Å²) in [4.78, 5) is 39.9. The second kappa shape index (κ2) is 8.19. The van der Waals surface area contributed by atoms with Crippen molar-refractivity contribution < 1.29 is 38.1 Å². The fourth-order valence-electron chi connectivity index (χ4n) is 4.39. The minimum atomic E-state index is -1.03. The summed E-state index contributed by atoms with van der Waals surface area (Å²) >= 11 is 0. The van der Waals surface area contributed by atoms with Crippen LogP contribution in [0.5, 0.6) is 23.0 Å². The molecular formula is C23H22N2O8. The van der Waals surface area contributed by atoms with Crippen LogP contribution in [0.1, 0.15) is 35.0 Å². The molecule has 10 heteroatoms. The van der Waals surface area contributed by atoms with E-state index in [0.717, 1.165) is 0 Å². The standard InChI is InChI=1S/C23H22N2O8/c1-29-16-7-4-13-19(20(16)30-2)23(28)33-22(13)25-14(5-8-18(25)26)21(27)24-12-3-6-15-17(11-12)32-10-9-31-15/h3-4,6-7,11,14,22H,5,8-10H2,1-2H3,(H,24,27)/t14-,22?/m0/s1. The Kier molecular flexibility index (Phi) is 5.20. The number of benzene rings is 2. The lowest BCUT2D eigenvalue weighted by Gasteiger charge is -2.29. The van der Waals surface area contributed by atoms with Crippen molar-refractivity contribution in [3.63, 3.8) is 0 Å². The van der Waals surface area contributed by atoms with Crippen molar-refractivity contribution in [1.29, 1.82) is 0 Å². The molecule has 2 atom stereocenters. The van der Waals surface area contributed by atoms with Crippen LogP contribution in [0, 0.1) is 0 Å². The van der Waals surface area contributed by atoms with Gasteiger partial charge in [0.05, 0.1) is 14.2 Å². The van der Waals surface area contributed by atoms with E-state index in [4.69, 9.17) is 23.7 Å². The molecule has 1 fully saturated rings. The molecule has 1 N–H and O–H groups in total. The average molecular weight is 454 g/mol. The molecule has 0 aliphatic carbocycles. The summed E-state index contributed by atoms with van der Waals surface area (Å²) in [5.74, 6) is 0.437. The number of likely N-dealkylation sites (tertiary alicyclic amines) is 1. The largest absolute Gasteiger partial charge is 0.493 e. The first-order valence-electron chi connectivity index (χ1n) is 10.5. The van der Waals surface area contributed by atoms with Gasteiger partial charge >= 0.3 is 5.97 Å². The molecule has 0 saturated carbocycles. The van der Waals surface area contributed by atoms with Crippen LogP contribution >= 0.6 is 0 Å². The summed E-state index contributed by atoms with van der Waals surface area (Å²) in [6.07, 6.45) is -0.569. The maximum Gasteiger partial charge on any atom is 0.344 e. The fraction of sp³-hybridized carbons (Fsp3) is 0.348. The normalized spacial score (nSPS) is 20.8. The lowest BCUT2D eigenvalue weighted by molar-refractivity contribution is -0.144. The first kappa shape index (κ1) is 20.9. The van der Waals surface area contributed by atoms with Gasteiger partial charge in [0.25, 0.3) is 0 Å². The topological polar surface area (TPSA) is 113 Å². The van der Waals surface area contributed by atoms with Crippen molar-refractivity contribution >= 4 is 23.5 Å². The Balaban J connectivity index is 1.42. The van der Waals surface area contributed by atoms with Crippen LogP contribution in [0.15, 0.2) is 30.3 Å². The van der Waals surface area contributed by atoms with Gasteiger partial charge in [-0.1, -0.05) is 0 Å². The lowest BCUT2D eigenvalue weighted by Crippen LogP contribution is -2.43. The lowest BCUT2D eigenvalue weighted by atomic mass is 10.1. The molecule has 0 spiro atoms. The summed E-state index contributed by atoms with van der Waals surface area (Å²) in [7, 11) is 2.88. The zero-order valence-electron chi connectivity index (χ0n) is 18.1. The minimum Gasteiger partial charge on any atom is -0.493 e. The maximum atomic E-state index is 13.2. The monoisotopic (exact) mass is 454 g/mol. The van der Waals surface area contributed by atoms with Gasteiger partial charge in [-0.15, -0.1) is 0 Å². The molecular weight excluding hydrogens is 432 g/mol. The van der Waals surface area contributed by atoms with Crippen molar-refractivity contribution in [2.45, 2.75) is 25.1 Å². The highest BCUT2D eigenvalue weighted by Gasteiger charge is 2.47. The summed E-state index contributed by atoms with van der Waals surface area (Å²) < 4.78 is 27.2. The van der Waals surface area contributed by atoms with E-state index >= 15 is 0 Å². The summed E-state index contributed by atoms with van der Waals surface area (Å²) in [6.45, 7) is 0.895. The smallest absolute Gasteiger partial charge is 0.344 e. The second-order valence-electron chi connectivity index (χ2n) is 7.73. The Labute approximate surface area is 189 Å². The molecule has 2 aromatic rings. The van der Waals surface area contributed by atoms with E-state index < -0.39 is 18.2 Å². The van der Waals surface area contributed by atoms with E-state index in [1.807, 2.05) is 0 Å². The second-order valence-corrected chi connectivity index (χ2v) is 7.73. The Bertz CT molecular complexity index is 1150. The number of nitrogens with zero attached hydrogens (tertiary/aromatic N) is 1. The number of rotatable bonds is 5. The predicted octanol–water partition coefficient (Wildman–Crippen LogP) is 2.27. The number of hydrogen-bond donors (Lipinski definition) is 1. The number of nitrogens with one attached hydrogen (secondary N) is 1. The molecule has 3 aliphatic rings. The number of hydrogen-bond acceptors (Lipinski definition) is 8. The molecule has 5 rings (SSSR count). The molecule has 3 heterocycles.